The van der Waals surface area contributed by atoms with E-state index in [-0.39, 0.29) is 20.9 Å². The van der Waals surface area contributed by atoms with E-state index in [1.54, 1.807) is 5.51 Å². The molecular weight excluding hydrogens is 578 g/mol. The molecule has 0 radical (unpaired) electrons. The number of oxime groups is 1. The molecule has 4 rings (SSSR count). The first-order chi connectivity index (χ1) is 17.2. The van der Waals surface area contributed by atoms with Crippen molar-refractivity contribution >= 4 is 92.4 Å². The number of aliphatic carboxylic acids is 2. The number of hydrogen-bond acceptors (Lipinski definition) is 14. The van der Waals surface area contributed by atoms with E-state index in [2.05, 4.69) is 30.5 Å². The van der Waals surface area contributed by atoms with Gasteiger partial charge in [0.15, 0.2) is 15.2 Å². The predicted molar refractivity (Wildman–Crippen MR) is 132 cm³/mol. The monoisotopic (exact) mass is 591 g/mol. The summed E-state index contributed by atoms with van der Waals surface area (Å²) in [7, 11) is 0. The van der Waals surface area contributed by atoms with Gasteiger partial charge in [0.25, 0.3) is 11.8 Å². The molecular formula is C17H14ClN7O7S4. The van der Waals surface area contributed by atoms with Crippen molar-refractivity contribution in [3.63, 3.8) is 0 Å². The largest absolute Gasteiger partial charge is 0.479 e. The van der Waals surface area contributed by atoms with Crippen LogP contribution in [0.4, 0.5) is 5.13 Å². The van der Waals surface area contributed by atoms with Gasteiger partial charge in [-0.2, -0.15) is 0 Å². The molecule has 2 amide bonds. The topological polar surface area (TPSA) is 210 Å². The second kappa shape index (κ2) is 11.0. The van der Waals surface area contributed by atoms with Gasteiger partial charge in [0, 0.05) is 11.5 Å². The maximum absolute atomic E-state index is 13.0. The van der Waals surface area contributed by atoms with Crippen LogP contribution in [0.25, 0.3) is 0 Å². The molecule has 14 nitrogen and oxygen atoms in total. The number of carbonyl (C=O) groups is 4. The zero-order valence-corrected chi connectivity index (χ0v) is 21.6. The molecule has 2 aliphatic rings. The number of carboxylic acid groups (broad SMARTS) is 2. The summed E-state index contributed by atoms with van der Waals surface area (Å²) in [5, 5.41) is 31.6. The summed E-state index contributed by atoms with van der Waals surface area (Å²) >= 11 is 10.8. The van der Waals surface area contributed by atoms with E-state index in [9.17, 15) is 24.3 Å². The number of aromatic nitrogens is 3. The first-order valence-electron chi connectivity index (χ1n) is 9.61. The lowest BCUT2D eigenvalue weighted by Gasteiger charge is -2.49. The lowest BCUT2D eigenvalue weighted by molar-refractivity contribution is -0.150. The van der Waals surface area contributed by atoms with Crippen LogP contribution in [0, 0.1) is 0 Å². The van der Waals surface area contributed by atoms with Crippen LogP contribution in [0.5, 0.6) is 0 Å². The molecule has 0 aromatic carbocycles. The number of thioether (sulfide) groups is 2. The number of nitrogen functional groups attached to an aromatic ring is 1. The highest BCUT2D eigenvalue weighted by molar-refractivity contribution is 8.01. The summed E-state index contributed by atoms with van der Waals surface area (Å²) in [6.45, 7) is -0.840. The Morgan fingerprint density at radius 2 is 2.17 bits per heavy atom. The zero-order chi connectivity index (χ0) is 26.0. The molecule has 190 valence electrons. The number of nitrogens with two attached hydrogens (primary N) is 1. The summed E-state index contributed by atoms with van der Waals surface area (Å²) in [6.07, 6.45) is 0. The van der Waals surface area contributed by atoms with Gasteiger partial charge in [-0.1, -0.05) is 51.2 Å². The molecule has 1 saturated heterocycles. The molecule has 0 spiro atoms. The maximum Gasteiger partial charge on any atom is 0.352 e. The number of amides is 2. The van der Waals surface area contributed by atoms with E-state index < -0.39 is 47.5 Å². The summed E-state index contributed by atoms with van der Waals surface area (Å²) in [5.41, 5.74) is 6.95. The van der Waals surface area contributed by atoms with E-state index >= 15 is 0 Å². The number of rotatable bonds is 10. The van der Waals surface area contributed by atoms with Crippen LogP contribution in [0.1, 0.15) is 5.69 Å². The minimum absolute atomic E-state index is 0.00241. The van der Waals surface area contributed by atoms with Gasteiger partial charge in [0.05, 0.1) is 0 Å². The van der Waals surface area contributed by atoms with Crippen molar-refractivity contribution in [2.75, 3.05) is 23.8 Å². The Morgan fingerprint density at radius 3 is 2.78 bits per heavy atom. The van der Waals surface area contributed by atoms with Gasteiger partial charge in [0.1, 0.15) is 32.7 Å². The second-order valence-corrected chi connectivity index (χ2v) is 11.7. The molecule has 2 atom stereocenters. The molecule has 2 aliphatic heterocycles. The number of carbonyl (C=O) groups excluding carboxylic acids is 2. The van der Waals surface area contributed by atoms with Gasteiger partial charge in [-0.15, -0.1) is 22.0 Å². The first kappa shape index (κ1) is 26.1. The Balaban J connectivity index is 1.51. The minimum Gasteiger partial charge on any atom is -0.479 e. The van der Waals surface area contributed by atoms with Gasteiger partial charge < -0.3 is 26.1 Å². The highest BCUT2D eigenvalue weighted by Gasteiger charge is 2.54. The Labute approximate surface area is 222 Å². The Bertz CT molecular complexity index is 1280. The SMILES string of the molecule is Nc1nc(C(=NOCC(=O)O)C(=O)NC2C(=O)N3C(C(=O)O)=C(CSc4nncs4)CS[C@@H]23)c(Cl)s1. The van der Waals surface area contributed by atoms with Gasteiger partial charge in [-0.25, -0.2) is 14.6 Å². The number of halogens is 1. The van der Waals surface area contributed by atoms with Crippen molar-refractivity contribution < 1.29 is 34.2 Å². The lowest BCUT2D eigenvalue weighted by atomic mass is 10.0. The summed E-state index contributed by atoms with van der Waals surface area (Å²) in [4.78, 5) is 58.4. The highest BCUT2D eigenvalue weighted by Crippen LogP contribution is 2.41. The number of β-lactam (4-membered cyclic amide) rings is 1. The molecule has 19 heteroatoms. The molecule has 0 saturated carbocycles. The molecule has 0 bridgehead atoms. The molecule has 36 heavy (non-hydrogen) atoms. The van der Waals surface area contributed by atoms with E-state index in [1.807, 2.05) is 0 Å². The minimum atomic E-state index is -1.33. The van der Waals surface area contributed by atoms with Crippen LogP contribution in [-0.4, -0.2) is 89.3 Å². The number of anilines is 1. The van der Waals surface area contributed by atoms with Crippen molar-refractivity contribution in [3.05, 3.63) is 26.8 Å². The van der Waals surface area contributed by atoms with Crippen LogP contribution in [-0.2, 0) is 24.0 Å². The fourth-order valence-corrected chi connectivity index (χ4v) is 7.09. The quantitative estimate of drug-likeness (QED) is 0.129. The van der Waals surface area contributed by atoms with Crippen LogP contribution in [0.15, 0.2) is 26.3 Å². The van der Waals surface area contributed by atoms with Gasteiger partial charge in [-0.3, -0.25) is 14.5 Å². The third-order valence-corrected chi connectivity index (χ3v) is 9.00. The van der Waals surface area contributed by atoms with Gasteiger partial charge >= 0.3 is 11.9 Å². The number of nitrogens with one attached hydrogen (secondary N) is 1. The number of carboxylic acids is 2. The number of hydrogen-bond donors (Lipinski definition) is 4. The van der Waals surface area contributed by atoms with Crippen molar-refractivity contribution in [3.8, 4) is 0 Å². The van der Waals surface area contributed by atoms with Crippen LogP contribution in [0.2, 0.25) is 4.34 Å². The van der Waals surface area contributed by atoms with E-state index in [0.717, 1.165) is 16.2 Å². The Hall–Kier alpha value is -2.93. The summed E-state index contributed by atoms with van der Waals surface area (Å²) < 4.78 is 0.667. The third kappa shape index (κ3) is 5.41. The zero-order valence-electron chi connectivity index (χ0n) is 17.6. The Morgan fingerprint density at radius 1 is 1.39 bits per heavy atom. The average Bonchev–Trinajstić information content (AvgIpc) is 3.46. The predicted octanol–water partition coefficient (Wildman–Crippen LogP) is 0.566. The smallest absolute Gasteiger partial charge is 0.352 e. The van der Waals surface area contributed by atoms with E-state index in [4.69, 9.17) is 22.4 Å². The molecule has 0 aliphatic carbocycles. The molecule has 4 heterocycles. The molecule has 1 unspecified atom stereocenters. The second-order valence-electron chi connectivity index (χ2n) is 6.89. The highest BCUT2D eigenvalue weighted by atomic mass is 35.5. The van der Waals surface area contributed by atoms with Crippen LogP contribution < -0.4 is 11.1 Å². The summed E-state index contributed by atoms with van der Waals surface area (Å²) in [5.74, 6) is -3.54. The number of nitrogens with zero attached hydrogens (tertiary/aromatic N) is 5. The fraction of sp³-hybridized carbons (Fsp3) is 0.294. The standard InChI is InChI=1S/C17H14ClN7O7S4/c18-11-7(22-16(19)36-11)8(24-32-1-6(26)27)12(28)21-9-13(29)25-10(15(30)31)5(2-33-14(9)25)3-34-17-23-20-4-35-17/h4,9,14H,1-3H2,(H2,19,22)(H,21,28)(H,26,27)(H,30,31)/t9?,14-/m0/s1. The molecule has 1 fully saturated rings. The van der Waals surface area contributed by atoms with Crippen LogP contribution >= 0.6 is 57.8 Å². The maximum atomic E-state index is 13.0. The fourth-order valence-electron chi connectivity index (χ4n) is 3.19. The molecule has 2 aromatic rings. The number of thiazole rings is 1. The van der Waals surface area contributed by atoms with Crippen molar-refractivity contribution in [1.82, 2.24) is 25.4 Å². The lowest BCUT2D eigenvalue weighted by Crippen LogP contribution is -2.71. The van der Waals surface area contributed by atoms with Crippen molar-refractivity contribution in [1.29, 1.82) is 0 Å². The van der Waals surface area contributed by atoms with E-state index in [0.29, 0.717) is 21.4 Å². The molecule has 2 aromatic heterocycles. The Kier molecular flexibility index (Phi) is 7.98. The van der Waals surface area contributed by atoms with E-state index in [1.165, 1.54) is 34.9 Å². The summed E-state index contributed by atoms with van der Waals surface area (Å²) in [6, 6.07) is -1.08. The third-order valence-electron chi connectivity index (χ3n) is 4.63. The normalized spacial score (nSPS) is 19.5. The first-order valence-corrected chi connectivity index (χ1v) is 13.7. The number of fused-ring (bicyclic) bond motifs is 1. The van der Waals surface area contributed by atoms with Crippen molar-refractivity contribution in [2.24, 2.45) is 5.16 Å². The average molecular weight is 592 g/mol. The van der Waals surface area contributed by atoms with Gasteiger partial charge in [0.2, 0.25) is 6.61 Å². The van der Waals surface area contributed by atoms with Crippen LogP contribution in [0.3, 0.4) is 0 Å². The molecule has 5 N–H and O–H groups in total. The van der Waals surface area contributed by atoms with Gasteiger partial charge in [-0.05, 0) is 5.57 Å². The van der Waals surface area contributed by atoms with Crippen molar-refractivity contribution in [2.45, 2.75) is 15.8 Å².